The van der Waals surface area contributed by atoms with Crippen LogP contribution in [0.5, 0.6) is 11.5 Å². The van der Waals surface area contributed by atoms with Gasteiger partial charge in [-0.2, -0.15) is 0 Å². The molecule has 0 saturated carbocycles. The summed E-state index contributed by atoms with van der Waals surface area (Å²) in [6.45, 7) is 2.60. The molecular formula is C31H32N2O3. The molecule has 36 heavy (non-hydrogen) atoms. The van der Waals surface area contributed by atoms with E-state index >= 15 is 0 Å². The largest absolute Gasteiger partial charge is 0.497 e. The Bertz CT molecular complexity index is 1380. The van der Waals surface area contributed by atoms with E-state index in [-0.39, 0.29) is 5.91 Å². The number of hydrogen-bond donors (Lipinski definition) is 1. The zero-order valence-electron chi connectivity index (χ0n) is 21.1. The number of benzene rings is 3. The minimum absolute atomic E-state index is 0.0471. The maximum Gasteiger partial charge on any atom is 0.220 e. The van der Waals surface area contributed by atoms with Gasteiger partial charge in [0, 0.05) is 42.4 Å². The Balaban J connectivity index is 1.47. The van der Waals surface area contributed by atoms with Gasteiger partial charge in [-0.05, 0) is 48.9 Å². The molecule has 0 radical (unpaired) electrons. The van der Waals surface area contributed by atoms with E-state index < -0.39 is 0 Å². The minimum atomic E-state index is 0.0471. The first-order chi connectivity index (χ1) is 17.6. The zero-order chi connectivity index (χ0) is 25.1. The molecule has 1 aliphatic carbocycles. The molecule has 5 nitrogen and oxygen atoms in total. The number of carbonyl (C=O) groups excluding carboxylic acids is 1. The number of methoxy groups -OCH3 is 2. The number of aryl methyl sites for hydroxylation is 4. The van der Waals surface area contributed by atoms with Crippen LogP contribution in [-0.4, -0.2) is 24.7 Å². The molecule has 5 heteroatoms. The van der Waals surface area contributed by atoms with Gasteiger partial charge in [-0.15, -0.1) is 0 Å². The molecule has 0 bridgehead atoms. The number of fused-ring (bicyclic) bond motifs is 3. The summed E-state index contributed by atoms with van der Waals surface area (Å²) in [5.74, 6) is 1.52. The highest BCUT2D eigenvalue weighted by Gasteiger charge is 2.24. The van der Waals surface area contributed by atoms with Gasteiger partial charge in [-0.3, -0.25) is 4.79 Å². The second kappa shape index (κ2) is 10.3. The molecule has 3 aromatic carbocycles. The smallest absolute Gasteiger partial charge is 0.220 e. The highest BCUT2D eigenvalue weighted by atomic mass is 16.5. The summed E-state index contributed by atoms with van der Waals surface area (Å²) in [5.41, 5.74) is 9.49. The van der Waals surface area contributed by atoms with Crippen molar-refractivity contribution in [3.05, 3.63) is 101 Å². The lowest BCUT2D eigenvalue weighted by Crippen LogP contribution is -2.23. The molecule has 0 aliphatic heterocycles. The number of aromatic nitrogens is 1. The number of carbonyl (C=O) groups is 1. The van der Waals surface area contributed by atoms with Crippen LogP contribution in [0.25, 0.3) is 16.9 Å². The summed E-state index contributed by atoms with van der Waals surface area (Å²) >= 11 is 0. The third kappa shape index (κ3) is 4.87. The molecule has 0 spiro atoms. The fourth-order valence-electron chi connectivity index (χ4n) is 5.10. The lowest BCUT2D eigenvalue weighted by Gasteiger charge is -2.21. The lowest BCUT2D eigenvalue weighted by atomic mass is 9.90. The Kier molecular flexibility index (Phi) is 6.81. The van der Waals surface area contributed by atoms with E-state index in [1.165, 1.54) is 27.9 Å². The summed E-state index contributed by atoms with van der Waals surface area (Å²) in [6.07, 6.45) is 3.05. The third-order valence-electron chi connectivity index (χ3n) is 6.87. The maximum absolute atomic E-state index is 12.8. The molecular weight excluding hydrogens is 448 g/mol. The molecule has 1 amide bonds. The molecule has 1 N–H and O–H groups in total. The van der Waals surface area contributed by atoms with Gasteiger partial charge in [0.05, 0.1) is 25.6 Å². The van der Waals surface area contributed by atoms with Gasteiger partial charge in [-0.25, -0.2) is 0 Å². The Hall–Kier alpha value is -3.99. The minimum Gasteiger partial charge on any atom is -0.497 e. The SMILES string of the molecule is COc1cc(OC)cc(-n2c(CCC(=O)NCc3cccc(C)c3)cc3c2-c2ccccc2CC3)c1. The number of amides is 1. The van der Waals surface area contributed by atoms with Crippen LogP contribution in [0.1, 0.15) is 34.4 Å². The normalized spacial score (nSPS) is 12.0. The van der Waals surface area contributed by atoms with Crippen molar-refractivity contribution < 1.29 is 14.3 Å². The molecule has 4 aromatic rings. The van der Waals surface area contributed by atoms with Gasteiger partial charge in [0.2, 0.25) is 5.91 Å². The standard InChI is InChI=1S/C31H32N2O3/c1-21-7-6-8-22(15-21)20-32-30(34)14-13-25-16-24-12-11-23-9-4-5-10-29(23)31(24)33(25)26-17-27(35-2)19-28(18-26)36-3/h4-10,15-19H,11-14,20H2,1-3H3,(H,32,34). The fourth-order valence-corrected chi connectivity index (χ4v) is 5.10. The van der Waals surface area contributed by atoms with Crippen molar-refractivity contribution in [1.29, 1.82) is 0 Å². The van der Waals surface area contributed by atoms with E-state index in [9.17, 15) is 4.79 Å². The molecule has 184 valence electrons. The predicted octanol–water partition coefficient (Wildman–Crippen LogP) is 5.82. The Morgan fingerprint density at radius 1 is 0.889 bits per heavy atom. The quantitative estimate of drug-likeness (QED) is 0.346. The van der Waals surface area contributed by atoms with Crippen molar-refractivity contribution in [3.8, 4) is 28.4 Å². The Morgan fingerprint density at radius 2 is 1.64 bits per heavy atom. The molecule has 1 heterocycles. The van der Waals surface area contributed by atoms with Crippen LogP contribution in [0.3, 0.4) is 0 Å². The molecule has 1 aromatic heterocycles. The van der Waals surface area contributed by atoms with Crippen molar-refractivity contribution in [2.24, 2.45) is 0 Å². The van der Waals surface area contributed by atoms with Gasteiger partial charge < -0.3 is 19.4 Å². The molecule has 0 atom stereocenters. The van der Waals surface area contributed by atoms with E-state index in [0.29, 0.717) is 19.4 Å². The summed E-state index contributed by atoms with van der Waals surface area (Å²) in [7, 11) is 3.33. The van der Waals surface area contributed by atoms with Crippen molar-refractivity contribution in [1.82, 2.24) is 9.88 Å². The summed E-state index contributed by atoms with van der Waals surface area (Å²) in [5, 5.41) is 3.08. The van der Waals surface area contributed by atoms with E-state index in [1.807, 2.05) is 30.3 Å². The first-order valence-corrected chi connectivity index (χ1v) is 12.4. The highest BCUT2D eigenvalue weighted by molar-refractivity contribution is 5.77. The molecule has 0 fully saturated rings. The second-order valence-electron chi connectivity index (χ2n) is 9.34. The van der Waals surface area contributed by atoms with E-state index in [2.05, 4.69) is 59.3 Å². The average Bonchev–Trinajstić information content (AvgIpc) is 3.29. The number of nitrogens with zero attached hydrogens (tertiary/aromatic N) is 1. The average molecular weight is 481 g/mol. The van der Waals surface area contributed by atoms with Gasteiger partial charge in [0.25, 0.3) is 0 Å². The van der Waals surface area contributed by atoms with Crippen molar-refractivity contribution in [2.45, 2.75) is 39.2 Å². The maximum atomic E-state index is 12.8. The van der Waals surface area contributed by atoms with E-state index in [1.54, 1.807) is 14.2 Å². The van der Waals surface area contributed by atoms with Crippen LogP contribution in [-0.2, 0) is 30.6 Å². The summed E-state index contributed by atoms with van der Waals surface area (Å²) < 4.78 is 13.4. The van der Waals surface area contributed by atoms with Crippen molar-refractivity contribution in [3.63, 3.8) is 0 Å². The molecule has 0 unspecified atom stereocenters. The topological polar surface area (TPSA) is 52.5 Å². The van der Waals surface area contributed by atoms with Gasteiger partial charge in [0.1, 0.15) is 11.5 Å². The zero-order valence-corrected chi connectivity index (χ0v) is 21.1. The van der Waals surface area contributed by atoms with Crippen molar-refractivity contribution in [2.75, 3.05) is 14.2 Å². The van der Waals surface area contributed by atoms with Crippen LogP contribution in [0.2, 0.25) is 0 Å². The first-order valence-electron chi connectivity index (χ1n) is 12.4. The number of nitrogens with one attached hydrogen (secondary N) is 1. The molecule has 0 saturated heterocycles. The van der Waals surface area contributed by atoms with Crippen LogP contribution >= 0.6 is 0 Å². The summed E-state index contributed by atoms with van der Waals surface area (Å²) in [4.78, 5) is 12.8. The van der Waals surface area contributed by atoms with Gasteiger partial charge in [0.15, 0.2) is 0 Å². The Labute approximate surface area is 212 Å². The van der Waals surface area contributed by atoms with Crippen LogP contribution in [0, 0.1) is 6.92 Å². The van der Waals surface area contributed by atoms with Gasteiger partial charge >= 0.3 is 0 Å². The monoisotopic (exact) mass is 480 g/mol. The van der Waals surface area contributed by atoms with Crippen LogP contribution in [0.4, 0.5) is 0 Å². The molecule has 1 aliphatic rings. The third-order valence-corrected chi connectivity index (χ3v) is 6.87. The summed E-state index contributed by atoms with van der Waals surface area (Å²) in [6, 6.07) is 25.0. The van der Waals surface area contributed by atoms with Crippen molar-refractivity contribution >= 4 is 5.91 Å². The Morgan fingerprint density at radius 3 is 2.39 bits per heavy atom. The predicted molar refractivity (Wildman–Crippen MR) is 143 cm³/mol. The fraction of sp³-hybridized carbons (Fsp3) is 0.258. The first kappa shape index (κ1) is 23.7. The van der Waals surface area contributed by atoms with E-state index in [4.69, 9.17) is 9.47 Å². The van der Waals surface area contributed by atoms with E-state index in [0.717, 1.165) is 41.3 Å². The lowest BCUT2D eigenvalue weighted by molar-refractivity contribution is -0.121. The van der Waals surface area contributed by atoms with Crippen LogP contribution in [0.15, 0.2) is 72.8 Å². The van der Waals surface area contributed by atoms with Crippen LogP contribution < -0.4 is 14.8 Å². The number of ether oxygens (including phenoxy) is 2. The number of hydrogen-bond acceptors (Lipinski definition) is 3. The molecule has 5 rings (SSSR count). The van der Waals surface area contributed by atoms with Gasteiger partial charge in [-0.1, -0.05) is 54.1 Å². The highest BCUT2D eigenvalue weighted by Crippen LogP contribution is 2.39. The second-order valence-corrected chi connectivity index (χ2v) is 9.34. The number of rotatable bonds is 8.